The van der Waals surface area contributed by atoms with E-state index in [9.17, 15) is 8.42 Å². The first kappa shape index (κ1) is 13.7. The van der Waals surface area contributed by atoms with Crippen LogP contribution in [0.4, 0.5) is 0 Å². The van der Waals surface area contributed by atoms with Gasteiger partial charge >= 0.3 is 0 Å². The summed E-state index contributed by atoms with van der Waals surface area (Å²) in [6.07, 6.45) is 1.63. The lowest BCUT2D eigenvalue weighted by molar-refractivity contribution is 0.552. The second-order valence-corrected chi connectivity index (χ2v) is 7.13. The number of rotatable bonds is 4. The van der Waals surface area contributed by atoms with Gasteiger partial charge < -0.3 is 0 Å². The van der Waals surface area contributed by atoms with Crippen LogP contribution in [0.25, 0.3) is 0 Å². The minimum Gasteiger partial charge on any atom is -0.229 e. The Balaban J connectivity index is 2.96. The summed E-state index contributed by atoms with van der Waals surface area (Å²) in [5, 5.41) is 8.57. The monoisotopic (exact) mass is 251 g/mol. The maximum Gasteiger partial charge on any atom is 0.148 e. The molecule has 17 heavy (non-hydrogen) atoms. The van der Waals surface area contributed by atoms with Gasteiger partial charge in [-0.3, -0.25) is 0 Å². The van der Waals surface area contributed by atoms with Crippen LogP contribution >= 0.6 is 0 Å². The predicted octanol–water partition coefficient (Wildman–Crippen LogP) is 2.07. The zero-order valence-corrected chi connectivity index (χ0v) is 11.2. The van der Waals surface area contributed by atoms with Crippen molar-refractivity contribution in [2.75, 3.05) is 12.0 Å². The molecule has 0 aliphatic carbocycles. The van der Waals surface area contributed by atoms with Gasteiger partial charge in [-0.1, -0.05) is 38.1 Å². The third kappa shape index (κ3) is 4.20. The van der Waals surface area contributed by atoms with Crippen molar-refractivity contribution in [3.63, 3.8) is 0 Å². The molecule has 3 nitrogen and oxygen atoms in total. The average molecular weight is 251 g/mol. The molecule has 0 heterocycles. The van der Waals surface area contributed by atoms with Gasteiger partial charge in [0.1, 0.15) is 9.84 Å². The summed E-state index contributed by atoms with van der Waals surface area (Å²) in [5.41, 5.74) is 1.52. The normalized spacial score (nSPS) is 12.1. The molecule has 0 aliphatic heterocycles. The summed E-state index contributed by atoms with van der Waals surface area (Å²) in [5.74, 6) is 0.123. The first-order valence-corrected chi connectivity index (χ1v) is 7.45. The van der Waals surface area contributed by atoms with E-state index in [2.05, 4.69) is 6.07 Å². The zero-order chi connectivity index (χ0) is 13.1. The van der Waals surface area contributed by atoms with Crippen molar-refractivity contribution in [2.45, 2.75) is 25.7 Å². The minimum atomic E-state index is -3.00. The smallest absolute Gasteiger partial charge is 0.148 e. The standard InChI is InChI=1S/C13H17NO2S/c1-13(2,10-17(3,15)16)12-6-4-11(5-7-12)8-9-14/h4-7H,8,10H2,1-3H3. The van der Waals surface area contributed by atoms with E-state index in [-0.39, 0.29) is 5.75 Å². The summed E-state index contributed by atoms with van der Waals surface area (Å²) >= 11 is 0. The summed E-state index contributed by atoms with van der Waals surface area (Å²) < 4.78 is 22.7. The van der Waals surface area contributed by atoms with Crippen LogP contribution in [0, 0.1) is 11.3 Å². The fraction of sp³-hybridized carbons (Fsp3) is 0.462. The minimum absolute atomic E-state index is 0.123. The molecule has 0 bridgehead atoms. The highest BCUT2D eigenvalue weighted by atomic mass is 32.2. The Morgan fingerprint density at radius 3 is 2.18 bits per heavy atom. The number of benzene rings is 1. The molecule has 0 radical (unpaired) electrons. The second kappa shape index (κ2) is 4.89. The first-order chi connectivity index (χ1) is 7.74. The van der Waals surface area contributed by atoms with Crippen molar-refractivity contribution in [2.24, 2.45) is 0 Å². The number of hydrogen-bond acceptors (Lipinski definition) is 3. The molecule has 0 saturated carbocycles. The van der Waals surface area contributed by atoms with Crippen molar-refractivity contribution in [1.29, 1.82) is 5.26 Å². The first-order valence-electron chi connectivity index (χ1n) is 5.39. The van der Waals surface area contributed by atoms with Gasteiger partial charge in [0.15, 0.2) is 0 Å². The van der Waals surface area contributed by atoms with Crippen LogP contribution in [0.2, 0.25) is 0 Å². The van der Waals surface area contributed by atoms with Crippen LogP contribution in [-0.2, 0) is 21.7 Å². The Labute approximate surface area is 103 Å². The van der Waals surface area contributed by atoms with Crippen LogP contribution in [-0.4, -0.2) is 20.4 Å². The Bertz CT molecular complexity index is 522. The molecule has 4 heteroatoms. The molecule has 0 N–H and O–H groups in total. The Hall–Kier alpha value is -1.34. The molecule has 0 fully saturated rings. The van der Waals surface area contributed by atoms with Gasteiger partial charge in [0.25, 0.3) is 0 Å². The number of nitriles is 1. The molecular weight excluding hydrogens is 234 g/mol. The Kier molecular flexibility index (Phi) is 3.94. The third-order valence-corrected chi connectivity index (χ3v) is 3.89. The lowest BCUT2D eigenvalue weighted by atomic mass is 9.86. The van der Waals surface area contributed by atoms with Crippen molar-refractivity contribution >= 4 is 9.84 Å². The van der Waals surface area contributed by atoms with Crippen LogP contribution in [0.1, 0.15) is 25.0 Å². The predicted molar refractivity (Wildman–Crippen MR) is 68.5 cm³/mol. The van der Waals surface area contributed by atoms with Gasteiger partial charge in [0, 0.05) is 11.7 Å². The molecule has 1 rings (SSSR count). The summed E-state index contributed by atoms with van der Waals surface area (Å²) in [6, 6.07) is 9.64. The molecule has 1 aromatic carbocycles. The molecule has 0 aromatic heterocycles. The van der Waals surface area contributed by atoms with E-state index in [1.165, 1.54) is 6.26 Å². The number of nitrogens with zero attached hydrogens (tertiary/aromatic N) is 1. The molecule has 92 valence electrons. The quantitative estimate of drug-likeness (QED) is 0.823. The molecule has 0 spiro atoms. The molecule has 0 saturated heterocycles. The molecule has 0 amide bonds. The maximum atomic E-state index is 11.3. The topological polar surface area (TPSA) is 57.9 Å². The Morgan fingerprint density at radius 1 is 1.24 bits per heavy atom. The average Bonchev–Trinajstić information content (AvgIpc) is 2.15. The number of hydrogen-bond donors (Lipinski definition) is 0. The van der Waals surface area contributed by atoms with E-state index in [0.29, 0.717) is 6.42 Å². The second-order valence-electron chi connectivity index (χ2n) is 4.99. The molecule has 0 aliphatic rings. The van der Waals surface area contributed by atoms with E-state index < -0.39 is 15.3 Å². The fourth-order valence-corrected chi connectivity index (χ4v) is 3.38. The highest BCUT2D eigenvalue weighted by Gasteiger charge is 2.25. The van der Waals surface area contributed by atoms with Gasteiger partial charge in [-0.2, -0.15) is 5.26 Å². The van der Waals surface area contributed by atoms with Gasteiger partial charge in [-0.15, -0.1) is 0 Å². The molecule has 1 aromatic rings. The van der Waals surface area contributed by atoms with Gasteiger partial charge in [-0.05, 0) is 11.1 Å². The Morgan fingerprint density at radius 2 is 1.76 bits per heavy atom. The lowest BCUT2D eigenvalue weighted by Crippen LogP contribution is -2.27. The van der Waals surface area contributed by atoms with E-state index in [1.54, 1.807) is 0 Å². The summed E-state index contributed by atoms with van der Waals surface area (Å²) in [6.45, 7) is 3.82. The molecular formula is C13H17NO2S. The summed E-state index contributed by atoms with van der Waals surface area (Å²) in [7, 11) is -3.00. The van der Waals surface area contributed by atoms with Crippen molar-refractivity contribution < 1.29 is 8.42 Å². The highest BCUT2D eigenvalue weighted by Crippen LogP contribution is 2.25. The van der Waals surface area contributed by atoms with Gasteiger partial charge in [0.2, 0.25) is 0 Å². The van der Waals surface area contributed by atoms with Gasteiger partial charge in [0.05, 0.1) is 18.2 Å². The van der Waals surface area contributed by atoms with Crippen LogP contribution in [0.3, 0.4) is 0 Å². The third-order valence-electron chi connectivity index (χ3n) is 2.64. The van der Waals surface area contributed by atoms with Crippen LogP contribution in [0.5, 0.6) is 0 Å². The largest absolute Gasteiger partial charge is 0.229 e. The van der Waals surface area contributed by atoms with E-state index in [4.69, 9.17) is 5.26 Å². The lowest BCUT2D eigenvalue weighted by Gasteiger charge is -2.24. The molecule has 0 atom stereocenters. The molecule has 0 unspecified atom stereocenters. The van der Waals surface area contributed by atoms with E-state index >= 15 is 0 Å². The van der Waals surface area contributed by atoms with Gasteiger partial charge in [-0.25, -0.2) is 8.42 Å². The van der Waals surface area contributed by atoms with Crippen LogP contribution < -0.4 is 0 Å². The van der Waals surface area contributed by atoms with E-state index in [0.717, 1.165) is 11.1 Å². The highest BCUT2D eigenvalue weighted by molar-refractivity contribution is 7.90. The zero-order valence-electron chi connectivity index (χ0n) is 10.4. The SMILES string of the molecule is CC(C)(CS(C)(=O)=O)c1ccc(CC#N)cc1. The van der Waals surface area contributed by atoms with E-state index in [1.807, 2.05) is 38.1 Å². The van der Waals surface area contributed by atoms with Crippen molar-refractivity contribution in [1.82, 2.24) is 0 Å². The van der Waals surface area contributed by atoms with Crippen LogP contribution in [0.15, 0.2) is 24.3 Å². The number of sulfone groups is 1. The fourth-order valence-electron chi connectivity index (χ4n) is 1.90. The van der Waals surface area contributed by atoms with Crippen molar-refractivity contribution in [3.8, 4) is 6.07 Å². The maximum absolute atomic E-state index is 11.3. The van der Waals surface area contributed by atoms with Crippen molar-refractivity contribution in [3.05, 3.63) is 35.4 Å². The summed E-state index contributed by atoms with van der Waals surface area (Å²) in [4.78, 5) is 0.